The smallest absolute Gasteiger partial charge is 0.226 e. The first kappa shape index (κ1) is 24.7. The van der Waals surface area contributed by atoms with Crippen LogP contribution in [0, 0.1) is 6.92 Å². The van der Waals surface area contributed by atoms with Gasteiger partial charge in [0, 0.05) is 36.6 Å². The van der Waals surface area contributed by atoms with E-state index in [1.165, 1.54) is 49.9 Å². The van der Waals surface area contributed by atoms with E-state index in [4.69, 9.17) is 9.97 Å². The standard InChI is InChI=1S/C30H39N5O/c1-3-6-23-7-9-24(10-8-23)11-14-29(36)32-25-12-13-28-27(21-25)22(2)31-30(33-28)35-19-15-26(16-20-35)34-17-4-5-18-34/h7-10,12-13,21,26H,3-6,11,14-20H2,1-2H3,(H,32,36). The van der Waals surface area contributed by atoms with Gasteiger partial charge in [-0.1, -0.05) is 37.6 Å². The van der Waals surface area contributed by atoms with Crippen molar-refractivity contribution in [3.8, 4) is 0 Å². The molecule has 0 spiro atoms. The Hall–Kier alpha value is -2.99. The zero-order valence-corrected chi connectivity index (χ0v) is 21.8. The van der Waals surface area contributed by atoms with Gasteiger partial charge in [0.15, 0.2) is 0 Å². The summed E-state index contributed by atoms with van der Waals surface area (Å²) in [5.41, 5.74) is 5.25. The highest BCUT2D eigenvalue weighted by molar-refractivity contribution is 5.94. The van der Waals surface area contributed by atoms with Crippen LogP contribution in [0.5, 0.6) is 0 Å². The molecular formula is C30H39N5O. The van der Waals surface area contributed by atoms with Gasteiger partial charge in [0.2, 0.25) is 11.9 Å². The predicted octanol–water partition coefficient (Wildman–Crippen LogP) is 5.53. The lowest BCUT2D eigenvalue weighted by molar-refractivity contribution is -0.116. The molecular weight excluding hydrogens is 446 g/mol. The normalized spacial score (nSPS) is 17.1. The molecule has 0 saturated carbocycles. The molecule has 5 rings (SSSR count). The first-order valence-corrected chi connectivity index (χ1v) is 13.7. The Morgan fingerprint density at radius 3 is 2.33 bits per heavy atom. The van der Waals surface area contributed by atoms with Crippen LogP contribution >= 0.6 is 0 Å². The van der Waals surface area contributed by atoms with E-state index in [9.17, 15) is 4.79 Å². The molecule has 1 aromatic heterocycles. The second-order valence-corrected chi connectivity index (χ2v) is 10.4. The van der Waals surface area contributed by atoms with Crippen molar-refractivity contribution in [1.82, 2.24) is 14.9 Å². The molecule has 6 heteroatoms. The molecule has 2 fully saturated rings. The molecule has 2 saturated heterocycles. The highest BCUT2D eigenvalue weighted by Gasteiger charge is 2.27. The topological polar surface area (TPSA) is 61.4 Å². The Bertz CT molecular complexity index is 1180. The number of hydrogen-bond acceptors (Lipinski definition) is 5. The van der Waals surface area contributed by atoms with Crippen molar-refractivity contribution in [2.75, 3.05) is 36.4 Å². The van der Waals surface area contributed by atoms with Crippen LogP contribution in [0.4, 0.5) is 11.6 Å². The zero-order chi connectivity index (χ0) is 24.9. The molecule has 6 nitrogen and oxygen atoms in total. The average Bonchev–Trinajstić information content (AvgIpc) is 3.44. The number of aromatic nitrogens is 2. The van der Waals surface area contributed by atoms with Gasteiger partial charge < -0.3 is 15.1 Å². The molecule has 2 aromatic carbocycles. The number of anilines is 2. The van der Waals surface area contributed by atoms with Crippen LogP contribution in [-0.2, 0) is 17.6 Å². The number of piperidine rings is 1. The number of rotatable bonds is 8. The van der Waals surface area contributed by atoms with Gasteiger partial charge in [0.05, 0.1) is 11.2 Å². The van der Waals surface area contributed by atoms with Crippen LogP contribution in [0.25, 0.3) is 10.9 Å². The summed E-state index contributed by atoms with van der Waals surface area (Å²) >= 11 is 0. The summed E-state index contributed by atoms with van der Waals surface area (Å²) in [4.78, 5) is 27.4. The van der Waals surface area contributed by atoms with E-state index in [1.807, 2.05) is 25.1 Å². The maximum atomic E-state index is 12.6. The molecule has 0 unspecified atom stereocenters. The SMILES string of the molecule is CCCc1ccc(CCC(=O)Nc2ccc3nc(N4CCC(N5CCCC5)CC4)nc(C)c3c2)cc1. The highest BCUT2D eigenvalue weighted by atomic mass is 16.1. The van der Waals surface area contributed by atoms with Gasteiger partial charge in [-0.3, -0.25) is 4.79 Å². The van der Waals surface area contributed by atoms with Gasteiger partial charge in [0.25, 0.3) is 0 Å². The van der Waals surface area contributed by atoms with E-state index in [1.54, 1.807) is 0 Å². The highest BCUT2D eigenvalue weighted by Crippen LogP contribution is 2.26. The largest absolute Gasteiger partial charge is 0.341 e. The van der Waals surface area contributed by atoms with E-state index >= 15 is 0 Å². The molecule has 2 aliphatic heterocycles. The van der Waals surface area contributed by atoms with Crippen molar-refractivity contribution in [3.05, 3.63) is 59.3 Å². The molecule has 0 radical (unpaired) electrons. The molecule has 1 N–H and O–H groups in total. The van der Waals surface area contributed by atoms with Crippen molar-refractivity contribution in [2.45, 2.75) is 71.3 Å². The van der Waals surface area contributed by atoms with Gasteiger partial charge in [-0.25, -0.2) is 9.97 Å². The van der Waals surface area contributed by atoms with Crippen LogP contribution in [0.3, 0.4) is 0 Å². The third-order valence-electron chi connectivity index (χ3n) is 7.77. The third-order valence-corrected chi connectivity index (χ3v) is 7.77. The van der Waals surface area contributed by atoms with Crippen LogP contribution in [0.2, 0.25) is 0 Å². The fourth-order valence-electron chi connectivity index (χ4n) is 5.67. The third kappa shape index (κ3) is 5.86. The number of amides is 1. The molecule has 190 valence electrons. The lowest BCUT2D eigenvalue weighted by Crippen LogP contribution is -2.44. The number of nitrogens with one attached hydrogen (secondary N) is 1. The van der Waals surface area contributed by atoms with Gasteiger partial charge in [0.1, 0.15) is 0 Å². The maximum Gasteiger partial charge on any atom is 0.226 e. The second kappa shape index (κ2) is 11.4. The minimum absolute atomic E-state index is 0.0306. The van der Waals surface area contributed by atoms with Gasteiger partial charge in [-0.15, -0.1) is 0 Å². The summed E-state index contributed by atoms with van der Waals surface area (Å²) in [6.07, 6.45) is 8.54. The molecule has 0 aliphatic carbocycles. The number of aryl methyl sites for hydroxylation is 3. The van der Waals surface area contributed by atoms with Crippen molar-refractivity contribution in [2.24, 2.45) is 0 Å². The van der Waals surface area contributed by atoms with Gasteiger partial charge in [-0.05, 0) is 87.9 Å². The quantitative estimate of drug-likeness (QED) is 0.455. The Kier molecular flexibility index (Phi) is 7.81. The first-order valence-electron chi connectivity index (χ1n) is 13.7. The van der Waals surface area contributed by atoms with Gasteiger partial charge >= 0.3 is 0 Å². The Balaban J connectivity index is 1.18. The average molecular weight is 486 g/mol. The molecule has 0 atom stereocenters. The fourth-order valence-corrected chi connectivity index (χ4v) is 5.67. The van der Waals surface area contributed by atoms with E-state index in [0.29, 0.717) is 6.42 Å². The summed E-state index contributed by atoms with van der Waals surface area (Å²) in [6.45, 7) is 8.79. The number of carbonyl (C=O) groups is 1. The zero-order valence-electron chi connectivity index (χ0n) is 21.8. The molecule has 36 heavy (non-hydrogen) atoms. The van der Waals surface area contributed by atoms with Crippen molar-refractivity contribution < 1.29 is 4.79 Å². The van der Waals surface area contributed by atoms with Crippen LogP contribution < -0.4 is 10.2 Å². The van der Waals surface area contributed by atoms with Crippen molar-refractivity contribution >= 4 is 28.4 Å². The molecule has 3 heterocycles. The minimum Gasteiger partial charge on any atom is -0.341 e. The predicted molar refractivity (Wildman–Crippen MR) is 148 cm³/mol. The van der Waals surface area contributed by atoms with Crippen molar-refractivity contribution in [3.63, 3.8) is 0 Å². The van der Waals surface area contributed by atoms with Crippen LogP contribution in [0.15, 0.2) is 42.5 Å². The first-order chi connectivity index (χ1) is 17.6. The number of carbonyl (C=O) groups excluding carboxylic acids is 1. The number of nitrogens with zero attached hydrogens (tertiary/aromatic N) is 4. The Labute approximate surface area is 215 Å². The summed E-state index contributed by atoms with van der Waals surface area (Å²) < 4.78 is 0. The number of likely N-dealkylation sites (tertiary alicyclic amines) is 1. The van der Waals surface area contributed by atoms with Crippen LogP contribution in [0.1, 0.15) is 62.3 Å². The molecule has 0 bridgehead atoms. The second-order valence-electron chi connectivity index (χ2n) is 10.4. The molecule has 1 amide bonds. The summed E-state index contributed by atoms with van der Waals surface area (Å²) in [5.74, 6) is 0.865. The van der Waals surface area contributed by atoms with Crippen LogP contribution in [-0.4, -0.2) is 53.0 Å². The number of fused-ring (bicyclic) bond motifs is 1. The van der Waals surface area contributed by atoms with Crippen molar-refractivity contribution in [1.29, 1.82) is 0 Å². The fraction of sp³-hybridized carbons (Fsp3) is 0.500. The maximum absolute atomic E-state index is 12.6. The Morgan fingerprint density at radius 1 is 0.944 bits per heavy atom. The van der Waals surface area contributed by atoms with E-state index < -0.39 is 0 Å². The van der Waals surface area contributed by atoms with E-state index in [0.717, 1.165) is 66.6 Å². The Morgan fingerprint density at radius 2 is 1.64 bits per heavy atom. The van der Waals surface area contributed by atoms with E-state index in [-0.39, 0.29) is 5.91 Å². The molecule has 2 aliphatic rings. The number of hydrogen-bond donors (Lipinski definition) is 1. The lowest BCUT2D eigenvalue weighted by atomic mass is 10.0. The number of benzene rings is 2. The minimum atomic E-state index is 0.0306. The molecule has 3 aromatic rings. The van der Waals surface area contributed by atoms with E-state index in [2.05, 4.69) is 46.3 Å². The monoisotopic (exact) mass is 485 g/mol. The lowest BCUT2D eigenvalue weighted by Gasteiger charge is -2.36. The summed E-state index contributed by atoms with van der Waals surface area (Å²) in [7, 11) is 0. The summed E-state index contributed by atoms with van der Waals surface area (Å²) in [5, 5.41) is 4.06. The van der Waals surface area contributed by atoms with Gasteiger partial charge in [-0.2, -0.15) is 0 Å². The summed E-state index contributed by atoms with van der Waals surface area (Å²) in [6, 6.07) is 15.3.